The van der Waals surface area contributed by atoms with Gasteiger partial charge >= 0.3 is 5.97 Å². The number of nitrogens with zero attached hydrogens (tertiary/aromatic N) is 1. The summed E-state index contributed by atoms with van der Waals surface area (Å²) in [5.41, 5.74) is 1.14. The molecule has 1 amide bonds. The topological polar surface area (TPSA) is 58.6 Å². The Kier molecular flexibility index (Phi) is 5.11. The third-order valence-corrected chi connectivity index (χ3v) is 4.31. The van der Waals surface area contributed by atoms with Crippen LogP contribution in [0.25, 0.3) is 10.8 Å². The van der Waals surface area contributed by atoms with E-state index in [0.717, 1.165) is 12.1 Å². The first-order chi connectivity index (χ1) is 11.7. The second-order valence-electron chi connectivity index (χ2n) is 5.97. The van der Waals surface area contributed by atoms with Gasteiger partial charge in [-0.05, 0) is 29.3 Å². The quantitative estimate of drug-likeness (QED) is 0.855. The molecule has 1 N–H and O–H groups in total. The molecule has 24 heavy (non-hydrogen) atoms. The Morgan fingerprint density at radius 3 is 2.83 bits per heavy atom. The molecule has 0 aromatic heterocycles. The molecule has 2 aromatic carbocycles. The predicted molar refractivity (Wildman–Crippen MR) is 92.4 cm³/mol. The van der Waals surface area contributed by atoms with Crippen molar-refractivity contribution in [2.45, 2.75) is 25.9 Å². The van der Waals surface area contributed by atoms with E-state index in [9.17, 15) is 9.59 Å². The Bertz CT molecular complexity index is 744. The summed E-state index contributed by atoms with van der Waals surface area (Å²) < 4.78 is 5.00. The number of benzene rings is 2. The maximum atomic E-state index is 12.2. The number of fused-ring (bicyclic) bond motifs is 1. The lowest BCUT2D eigenvalue weighted by atomic mass is 10.0. The minimum atomic E-state index is -0.468. The average molecular weight is 326 g/mol. The van der Waals surface area contributed by atoms with Gasteiger partial charge in [0.1, 0.15) is 6.04 Å². The largest absolute Gasteiger partial charge is 0.466 e. The molecule has 1 atom stereocenters. The number of carbonyl (C=O) groups excluding carboxylic acids is 2. The van der Waals surface area contributed by atoms with E-state index in [1.165, 1.54) is 10.8 Å². The first kappa shape index (κ1) is 16.5. The zero-order valence-corrected chi connectivity index (χ0v) is 13.8. The van der Waals surface area contributed by atoms with Gasteiger partial charge in [0.15, 0.2) is 0 Å². The molecule has 3 rings (SSSR count). The average Bonchev–Trinajstić information content (AvgIpc) is 2.58. The molecule has 0 bridgehead atoms. The number of carbonyl (C=O) groups is 2. The summed E-state index contributed by atoms with van der Waals surface area (Å²) in [6, 6.07) is 14.0. The van der Waals surface area contributed by atoms with Crippen LogP contribution in [-0.2, 0) is 20.9 Å². The summed E-state index contributed by atoms with van der Waals surface area (Å²) in [6.07, 6.45) is 0.0905. The van der Waals surface area contributed by atoms with Gasteiger partial charge in [-0.2, -0.15) is 0 Å². The minimum Gasteiger partial charge on any atom is -0.466 e. The number of hydrogen-bond acceptors (Lipinski definition) is 4. The fourth-order valence-electron chi connectivity index (χ4n) is 3.12. The van der Waals surface area contributed by atoms with Crippen molar-refractivity contribution in [3.8, 4) is 0 Å². The molecular formula is C19H22N2O3. The summed E-state index contributed by atoms with van der Waals surface area (Å²) in [4.78, 5) is 26.0. The van der Waals surface area contributed by atoms with Crippen molar-refractivity contribution in [3.05, 3.63) is 48.0 Å². The molecule has 1 aliphatic rings. The molecule has 5 heteroatoms. The van der Waals surface area contributed by atoms with Gasteiger partial charge in [0.25, 0.3) is 0 Å². The van der Waals surface area contributed by atoms with Crippen LogP contribution in [0.2, 0.25) is 0 Å². The van der Waals surface area contributed by atoms with Gasteiger partial charge in [0.2, 0.25) is 5.91 Å². The summed E-state index contributed by atoms with van der Waals surface area (Å²) in [7, 11) is 0. The van der Waals surface area contributed by atoms with Crippen molar-refractivity contribution in [1.82, 2.24) is 10.2 Å². The number of rotatable bonds is 5. The lowest BCUT2D eigenvalue weighted by Gasteiger charge is -2.34. The second kappa shape index (κ2) is 7.45. The van der Waals surface area contributed by atoms with E-state index in [4.69, 9.17) is 4.74 Å². The summed E-state index contributed by atoms with van der Waals surface area (Å²) in [6.45, 7) is 4.07. The first-order valence-electron chi connectivity index (χ1n) is 8.32. The molecule has 0 spiro atoms. The minimum absolute atomic E-state index is 0.0905. The zero-order chi connectivity index (χ0) is 16.9. The van der Waals surface area contributed by atoms with E-state index in [-0.39, 0.29) is 18.3 Å². The fraction of sp³-hybridized carbons (Fsp3) is 0.368. The van der Waals surface area contributed by atoms with Gasteiger partial charge in [-0.1, -0.05) is 36.4 Å². The third kappa shape index (κ3) is 3.74. The molecule has 0 aliphatic carbocycles. The van der Waals surface area contributed by atoms with Crippen molar-refractivity contribution in [3.63, 3.8) is 0 Å². The predicted octanol–water partition coefficient (Wildman–Crippen LogP) is 2.09. The van der Waals surface area contributed by atoms with Gasteiger partial charge in [-0.25, -0.2) is 0 Å². The van der Waals surface area contributed by atoms with E-state index in [1.807, 2.05) is 12.1 Å². The van der Waals surface area contributed by atoms with Crippen molar-refractivity contribution >= 4 is 22.6 Å². The molecule has 0 radical (unpaired) electrons. The number of nitrogens with one attached hydrogen (secondary N) is 1. The lowest BCUT2D eigenvalue weighted by Crippen LogP contribution is -2.55. The third-order valence-electron chi connectivity index (χ3n) is 4.31. The van der Waals surface area contributed by atoms with Crippen molar-refractivity contribution in [2.75, 3.05) is 19.7 Å². The zero-order valence-electron chi connectivity index (χ0n) is 13.8. The number of hydrogen-bond donors (Lipinski definition) is 1. The van der Waals surface area contributed by atoms with Crippen LogP contribution in [0, 0.1) is 0 Å². The van der Waals surface area contributed by atoms with Crippen LogP contribution < -0.4 is 5.32 Å². The van der Waals surface area contributed by atoms with Gasteiger partial charge < -0.3 is 10.1 Å². The molecule has 5 nitrogen and oxygen atoms in total. The van der Waals surface area contributed by atoms with Crippen LogP contribution in [0.3, 0.4) is 0 Å². The highest BCUT2D eigenvalue weighted by atomic mass is 16.5. The number of piperazine rings is 1. The lowest BCUT2D eigenvalue weighted by molar-refractivity contribution is -0.148. The van der Waals surface area contributed by atoms with E-state index >= 15 is 0 Å². The maximum Gasteiger partial charge on any atom is 0.307 e. The van der Waals surface area contributed by atoms with Crippen LogP contribution in [-0.4, -0.2) is 42.5 Å². The molecule has 126 valence electrons. The molecule has 1 heterocycles. The SMILES string of the molecule is CCOC(=O)CC1C(=O)NCCN1Cc1ccc2ccccc2c1. The van der Waals surface area contributed by atoms with Crippen molar-refractivity contribution < 1.29 is 14.3 Å². The first-order valence-corrected chi connectivity index (χ1v) is 8.32. The van der Waals surface area contributed by atoms with Gasteiger partial charge in [0, 0.05) is 19.6 Å². The van der Waals surface area contributed by atoms with E-state index in [2.05, 4.69) is 40.5 Å². The molecule has 1 unspecified atom stereocenters. The van der Waals surface area contributed by atoms with Crippen LogP contribution in [0.15, 0.2) is 42.5 Å². The van der Waals surface area contributed by atoms with Crippen LogP contribution >= 0.6 is 0 Å². The van der Waals surface area contributed by atoms with E-state index in [0.29, 0.717) is 19.7 Å². The van der Waals surface area contributed by atoms with Crippen molar-refractivity contribution in [2.24, 2.45) is 0 Å². The molecule has 1 saturated heterocycles. The Morgan fingerprint density at radius 1 is 1.25 bits per heavy atom. The molecule has 1 aliphatic heterocycles. The van der Waals surface area contributed by atoms with Crippen LogP contribution in [0.5, 0.6) is 0 Å². The Labute approximate surface area is 141 Å². The fourth-order valence-corrected chi connectivity index (χ4v) is 3.12. The van der Waals surface area contributed by atoms with Gasteiger partial charge in [0.05, 0.1) is 13.0 Å². The summed E-state index contributed by atoms with van der Waals surface area (Å²) >= 11 is 0. The van der Waals surface area contributed by atoms with Crippen LogP contribution in [0.1, 0.15) is 18.9 Å². The van der Waals surface area contributed by atoms with Crippen molar-refractivity contribution in [1.29, 1.82) is 0 Å². The summed E-state index contributed by atoms with van der Waals surface area (Å²) in [5.74, 6) is -0.432. The standard InChI is InChI=1S/C19H22N2O3/c1-2-24-18(22)12-17-19(23)20-9-10-21(17)13-14-7-8-15-5-3-4-6-16(15)11-14/h3-8,11,17H,2,9-10,12-13H2,1H3,(H,20,23). The molecule has 2 aromatic rings. The Balaban J connectivity index is 1.76. The summed E-state index contributed by atoms with van der Waals surface area (Å²) in [5, 5.41) is 5.21. The van der Waals surface area contributed by atoms with E-state index < -0.39 is 6.04 Å². The molecule has 0 saturated carbocycles. The number of esters is 1. The Morgan fingerprint density at radius 2 is 2.04 bits per heavy atom. The highest BCUT2D eigenvalue weighted by Crippen LogP contribution is 2.19. The second-order valence-corrected chi connectivity index (χ2v) is 5.97. The smallest absolute Gasteiger partial charge is 0.307 e. The highest BCUT2D eigenvalue weighted by Gasteiger charge is 2.32. The normalized spacial score (nSPS) is 18.4. The monoisotopic (exact) mass is 326 g/mol. The van der Waals surface area contributed by atoms with Gasteiger partial charge in [-0.15, -0.1) is 0 Å². The maximum absolute atomic E-state index is 12.2. The van der Waals surface area contributed by atoms with Gasteiger partial charge in [-0.3, -0.25) is 14.5 Å². The van der Waals surface area contributed by atoms with Crippen LogP contribution in [0.4, 0.5) is 0 Å². The van der Waals surface area contributed by atoms with E-state index in [1.54, 1.807) is 6.92 Å². The Hall–Kier alpha value is -2.40. The molecule has 1 fully saturated rings. The molecular weight excluding hydrogens is 304 g/mol. The number of amides is 1. The highest BCUT2D eigenvalue weighted by molar-refractivity contribution is 5.87. The number of ether oxygens (including phenoxy) is 1.